The highest BCUT2D eigenvalue weighted by atomic mass is 16.3. The first-order valence-corrected chi connectivity index (χ1v) is 6.34. The highest BCUT2D eigenvalue weighted by molar-refractivity contribution is 5.51. The molecular formula is C14H22N2O. The lowest BCUT2D eigenvalue weighted by molar-refractivity contribution is 0.0971. The normalized spacial score (nSPS) is 25.1. The van der Waals surface area contributed by atoms with Gasteiger partial charge >= 0.3 is 0 Å². The molecule has 2 rings (SSSR count). The Morgan fingerprint density at radius 3 is 2.82 bits per heavy atom. The van der Waals surface area contributed by atoms with Crippen molar-refractivity contribution in [2.24, 2.45) is 11.7 Å². The van der Waals surface area contributed by atoms with Crippen molar-refractivity contribution < 1.29 is 5.11 Å². The molecule has 17 heavy (non-hydrogen) atoms. The van der Waals surface area contributed by atoms with Crippen LogP contribution in [0.1, 0.15) is 24.5 Å². The summed E-state index contributed by atoms with van der Waals surface area (Å²) in [4.78, 5) is 2.35. The van der Waals surface area contributed by atoms with Crippen molar-refractivity contribution in [1.29, 1.82) is 0 Å². The van der Waals surface area contributed by atoms with Gasteiger partial charge in [0.2, 0.25) is 0 Å². The van der Waals surface area contributed by atoms with Gasteiger partial charge in [0.1, 0.15) is 0 Å². The number of hydrogen-bond donors (Lipinski definition) is 2. The zero-order valence-electron chi connectivity index (χ0n) is 10.7. The highest BCUT2D eigenvalue weighted by Crippen LogP contribution is 2.25. The van der Waals surface area contributed by atoms with Crippen molar-refractivity contribution in [3.05, 3.63) is 29.3 Å². The minimum atomic E-state index is -0.143. The fraction of sp³-hybridized carbons (Fsp3) is 0.571. The Hall–Kier alpha value is -1.06. The first kappa shape index (κ1) is 12.4. The van der Waals surface area contributed by atoms with Crippen molar-refractivity contribution in [2.45, 2.75) is 32.9 Å². The molecule has 1 aliphatic rings. The predicted octanol–water partition coefficient (Wildman–Crippen LogP) is 1.66. The van der Waals surface area contributed by atoms with Crippen LogP contribution in [-0.2, 0) is 6.54 Å². The van der Waals surface area contributed by atoms with Gasteiger partial charge in [-0.2, -0.15) is 0 Å². The van der Waals surface area contributed by atoms with E-state index in [4.69, 9.17) is 5.73 Å². The third-order valence-electron chi connectivity index (χ3n) is 3.77. The molecule has 0 amide bonds. The number of nitrogens with zero attached hydrogens (tertiary/aromatic N) is 1. The Labute approximate surface area is 103 Å². The van der Waals surface area contributed by atoms with Crippen LogP contribution in [0.4, 0.5) is 5.69 Å². The van der Waals surface area contributed by atoms with Crippen molar-refractivity contribution in [2.75, 3.05) is 18.0 Å². The third-order valence-corrected chi connectivity index (χ3v) is 3.77. The summed E-state index contributed by atoms with van der Waals surface area (Å²) in [7, 11) is 0. The van der Waals surface area contributed by atoms with Crippen LogP contribution in [0.5, 0.6) is 0 Å². The van der Waals surface area contributed by atoms with E-state index < -0.39 is 0 Å². The van der Waals surface area contributed by atoms with E-state index >= 15 is 0 Å². The Balaban J connectivity index is 2.15. The summed E-state index contributed by atoms with van der Waals surface area (Å²) in [5.41, 5.74) is 9.38. The number of aliphatic hydroxyl groups excluding tert-OH is 1. The van der Waals surface area contributed by atoms with Gasteiger partial charge in [-0.3, -0.25) is 0 Å². The molecule has 2 unspecified atom stereocenters. The van der Waals surface area contributed by atoms with Crippen LogP contribution in [0.3, 0.4) is 0 Å². The van der Waals surface area contributed by atoms with Gasteiger partial charge in [-0.05, 0) is 42.5 Å². The lowest BCUT2D eigenvalue weighted by Gasteiger charge is -2.36. The monoisotopic (exact) mass is 234 g/mol. The molecule has 1 aromatic rings. The van der Waals surface area contributed by atoms with Gasteiger partial charge in [0, 0.05) is 25.3 Å². The number of aliphatic hydroxyl groups is 1. The number of piperidine rings is 1. The van der Waals surface area contributed by atoms with Crippen LogP contribution in [0, 0.1) is 12.8 Å². The van der Waals surface area contributed by atoms with Gasteiger partial charge in [0.25, 0.3) is 0 Å². The number of nitrogens with two attached hydrogens (primary N) is 1. The predicted molar refractivity (Wildman–Crippen MR) is 71.1 cm³/mol. The van der Waals surface area contributed by atoms with E-state index in [9.17, 15) is 5.11 Å². The molecule has 2 atom stereocenters. The average Bonchev–Trinajstić information content (AvgIpc) is 2.32. The molecule has 0 aliphatic carbocycles. The van der Waals surface area contributed by atoms with E-state index in [1.807, 2.05) is 0 Å². The molecule has 1 aromatic carbocycles. The van der Waals surface area contributed by atoms with Gasteiger partial charge < -0.3 is 15.7 Å². The van der Waals surface area contributed by atoms with Crippen LogP contribution in [0.25, 0.3) is 0 Å². The molecule has 3 heteroatoms. The Bertz CT molecular complexity index is 392. The number of anilines is 1. The van der Waals surface area contributed by atoms with Crippen molar-refractivity contribution in [3.63, 3.8) is 0 Å². The standard InChI is InChI=1S/C14H22N2O/c1-10-7-13(4-3-12(10)8-15)16-6-5-14(17)11(2)9-16/h3-4,7,11,14,17H,5-6,8-9,15H2,1-2H3. The van der Waals surface area contributed by atoms with E-state index in [2.05, 4.69) is 36.9 Å². The molecule has 3 N–H and O–H groups in total. The van der Waals surface area contributed by atoms with Crippen molar-refractivity contribution >= 4 is 5.69 Å². The largest absolute Gasteiger partial charge is 0.393 e. The maximum Gasteiger partial charge on any atom is 0.0599 e. The first-order chi connectivity index (χ1) is 8.11. The van der Waals surface area contributed by atoms with E-state index in [1.54, 1.807) is 0 Å². The van der Waals surface area contributed by atoms with E-state index in [0.29, 0.717) is 12.5 Å². The fourth-order valence-electron chi connectivity index (χ4n) is 2.47. The molecule has 1 aliphatic heterocycles. The van der Waals surface area contributed by atoms with Gasteiger partial charge in [-0.1, -0.05) is 13.0 Å². The average molecular weight is 234 g/mol. The molecule has 94 valence electrons. The molecule has 0 radical (unpaired) electrons. The molecule has 1 saturated heterocycles. The van der Waals surface area contributed by atoms with E-state index in [0.717, 1.165) is 19.5 Å². The third kappa shape index (κ3) is 2.61. The Kier molecular flexibility index (Phi) is 3.69. The van der Waals surface area contributed by atoms with Gasteiger partial charge in [0.05, 0.1) is 6.10 Å². The molecule has 1 heterocycles. The molecule has 0 aromatic heterocycles. The Morgan fingerprint density at radius 1 is 1.47 bits per heavy atom. The summed E-state index contributed by atoms with van der Waals surface area (Å²) in [6.45, 7) is 6.68. The number of benzene rings is 1. The second kappa shape index (κ2) is 5.07. The summed E-state index contributed by atoms with van der Waals surface area (Å²) in [6.07, 6.45) is 0.717. The summed E-state index contributed by atoms with van der Waals surface area (Å²) in [5, 5.41) is 9.74. The van der Waals surface area contributed by atoms with E-state index in [-0.39, 0.29) is 6.10 Å². The fourth-order valence-corrected chi connectivity index (χ4v) is 2.47. The maximum atomic E-state index is 9.74. The lowest BCUT2D eigenvalue weighted by Crippen LogP contribution is -2.42. The second-order valence-electron chi connectivity index (χ2n) is 5.09. The minimum absolute atomic E-state index is 0.143. The summed E-state index contributed by atoms with van der Waals surface area (Å²) in [6, 6.07) is 6.45. The quantitative estimate of drug-likeness (QED) is 0.818. The minimum Gasteiger partial charge on any atom is -0.393 e. The zero-order chi connectivity index (χ0) is 12.4. The molecule has 0 bridgehead atoms. The van der Waals surface area contributed by atoms with Crippen molar-refractivity contribution in [3.8, 4) is 0 Å². The van der Waals surface area contributed by atoms with Crippen LogP contribution in [0.2, 0.25) is 0 Å². The summed E-state index contributed by atoms with van der Waals surface area (Å²) >= 11 is 0. The van der Waals surface area contributed by atoms with Crippen LogP contribution >= 0.6 is 0 Å². The van der Waals surface area contributed by atoms with Gasteiger partial charge in [-0.15, -0.1) is 0 Å². The maximum absolute atomic E-state index is 9.74. The Morgan fingerprint density at radius 2 is 2.24 bits per heavy atom. The van der Waals surface area contributed by atoms with Crippen LogP contribution in [-0.4, -0.2) is 24.3 Å². The molecule has 0 saturated carbocycles. The number of hydrogen-bond acceptors (Lipinski definition) is 3. The van der Waals surface area contributed by atoms with E-state index in [1.165, 1.54) is 16.8 Å². The molecule has 1 fully saturated rings. The van der Waals surface area contributed by atoms with Gasteiger partial charge in [0.15, 0.2) is 0 Å². The molecule has 3 nitrogen and oxygen atoms in total. The van der Waals surface area contributed by atoms with Crippen molar-refractivity contribution in [1.82, 2.24) is 0 Å². The summed E-state index contributed by atoms with van der Waals surface area (Å²) in [5.74, 6) is 0.346. The number of rotatable bonds is 2. The van der Waals surface area contributed by atoms with Crippen LogP contribution in [0.15, 0.2) is 18.2 Å². The smallest absolute Gasteiger partial charge is 0.0599 e. The lowest BCUT2D eigenvalue weighted by atomic mass is 9.96. The topological polar surface area (TPSA) is 49.5 Å². The van der Waals surface area contributed by atoms with Crippen LogP contribution < -0.4 is 10.6 Å². The zero-order valence-corrected chi connectivity index (χ0v) is 10.7. The number of aryl methyl sites for hydroxylation is 1. The molecular weight excluding hydrogens is 212 g/mol. The summed E-state index contributed by atoms with van der Waals surface area (Å²) < 4.78 is 0. The SMILES string of the molecule is Cc1cc(N2CCC(O)C(C)C2)ccc1CN. The second-order valence-corrected chi connectivity index (χ2v) is 5.09. The van der Waals surface area contributed by atoms with Gasteiger partial charge in [-0.25, -0.2) is 0 Å². The highest BCUT2D eigenvalue weighted by Gasteiger charge is 2.24. The molecule has 0 spiro atoms. The first-order valence-electron chi connectivity index (χ1n) is 6.34.